The zero-order valence-electron chi connectivity index (χ0n) is 11.5. The Morgan fingerprint density at radius 1 is 1.47 bits per heavy atom. The van der Waals surface area contributed by atoms with Crippen molar-refractivity contribution >= 4 is 5.97 Å². The topological polar surface area (TPSA) is 66.8 Å². The molecule has 0 aromatic carbocycles. The smallest absolute Gasteiger partial charge is 0.309 e. The van der Waals surface area contributed by atoms with Crippen molar-refractivity contribution in [3.63, 3.8) is 0 Å². The monoisotopic (exact) mass is 266 g/mol. The number of carbonyl (C=O) groups is 1. The molecule has 0 aromatic heterocycles. The van der Waals surface area contributed by atoms with E-state index in [1.54, 1.807) is 0 Å². The average molecular weight is 266 g/mol. The van der Waals surface area contributed by atoms with Crippen molar-refractivity contribution in [3.8, 4) is 0 Å². The van der Waals surface area contributed by atoms with E-state index in [-0.39, 0.29) is 29.6 Å². The van der Waals surface area contributed by atoms with E-state index in [0.29, 0.717) is 0 Å². The van der Waals surface area contributed by atoms with Gasteiger partial charge in [-0.25, -0.2) is 0 Å². The van der Waals surface area contributed by atoms with Crippen molar-refractivity contribution < 1.29 is 19.7 Å². The molecule has 1 aliphatic heterocycles. The van der Waals surface area contributed by atoms with E-state index in [1.807, 2.05) is 13.8 Å². The lowest BCUT2D eigenvalue weighted by molar-refractivity contribution is -0.146. The first-order valence-electron chi connectivity index (χ1n) is 7.12. The Bertz CT molecular complexity index is 428. The Labute approximate surface area is 113 Å². The van der Waals surface area contributed by atoms with Crippen molar-refractivity contribution in [1.82, 2.24) is 0 Å². The van der Waals surface area contributed by atoms with Gasteiger partial charge in [-0.2, -0.15) is 0 Å². The maximum absolute atomic E-state index is 11.7. The number of hydrogen-bond donors (Lipinski definition) is 2. The predicted molar refractivity (Wildman–Crippen MR) is 69.1 cm³/mol. The molecule has 7 atom stereocenters. The molecular formula is C15H22O4. The van der Waals surface area contributed by atoms with Crippen molar-refractivity contribution in [2.75, 3.05) is 0 Å². The molecule has 3 aliphatic rings. The summed E-state index contributed by atoms with van der Waals surface area (Å²) in [6, 6.07) is 0. The van der Waals surface area contributed by atoms with E-state index < -0.39 is 17.8 Å². The number of esters is 1. The second kappa shape index (κ2) is 4.06. The van der Waals surface area contributed by atoms with E-state index >= 15 is 0 Å². The fourth-order valence-corrected chi connectivity index (χ4v) is 4.28. The Morgan fingerprint density at radius 2 is 2.16 bits per heavy atom. The highest BCUT2D eigenvalue weighted by atomic mass is 16.6. The quantitative estimate of drug-likeness (QED) is 0.512. The van der Waals surface area contributed by atoms with Crippen LogP contribution in [0.25, 0.3) is 0 Å². The van der Waals surface area contributed by atoms with Crippen LogP contribution in [0.1, 0.15) is 33.1 Å². The Morgan fingerprint density at radius 3 is 2.84 bits per heavy atom. The first-order valence-corrected chi connectivity index (χ1v) is 7.12. The molecule has 2 saturated carbocycles. The van der Waals surface area contributed by atoms with Crippen LogP contribution in [0.4, 0.5) is 0 Å². The van der Waals surface area contributed by atoms with E-state index in [9.17, 15) is 15.0 Å². The van der Waals surface area contributed by atoms with E-state index in [0.717, 1.165) is 24.8 Å². The van der Waals surface area contributed by atoms with Crippen LogP contribution in [0.2, 0.25) is 0 Å². The number of rotatable bonds is 0. The van der Waals surface area contributed by atoms with Gasteiger partial charge in [-0.05, 0) is 43.6 Å². The molecule has 0 amide bonds. The van der Waals surface area contributed by atoms with Crippen LogP contribution >= 0.6 is 0 Å². The van der Waals surface area contributed by atoms with Crippen LogP contribution in [0, 0.1) is 23.7 Å². The summed E-state index contributed by atoms with van der Waals surface area (Å²) in [6.45, 7) is 7.74. The Balaban J connectivity index is 1.98. The summed E-state index contributed by atoms with van der Waals surface area (Å²) in [5.41, 5.74) is 0.00490. The summed E-state index contributed by atoms with van der Waals surface area (Å²) in [6.07, 6.45) is 1.05. The maximum Gasteiger partial charge on any atom is 0.309 e. The summed E-state index contributed by atoms with van der Waals surface area (Å²) < 4.78 is 5.34. The van der Waals surface area contributed by atoms with Crippen LogP contribution < -0.4 is 0 Å². The zero-order chi connectivity index (χ0) is 13.9. The van der Waals surface area contributed by atoms with Crippen molar-refractivity contribution in [2.45, 2.75) is 50.9 Å². The van der Waals surface area contributed by atoms with Crippen molar-refractivity contribution in [3.05, 3.63) is 12.2 Å². The molecule has 3 fully saturated rings. The molecule has 3 rings (SSSR count). The van der Waals surface area contributed by atoms with Gasteiger partial charge in [0.15, 0.2) is 0 Å². The summed E-state index contributed by atoms with van der Waals surface area (Å²) in [5.74, 6) is -0.248. The number of ether oxygens (including phenoxy) is 1. The van der Waals surface area contributed by atoms with Gasteiger partial charge in [-0.15, -0.1) is 0 Å². The van der Waals surface area contributed by atoms with Gasteiger partial charge < -0.3 is 14.9 Å². The molecule has 4 nitrogen and oxygen atoms in total. The molecule has 1 heterocycles. The molecule has 0 aromatic rings. The third-order valence-electron chi connectivity index (χ3n) is 5.63. The van der Waals surface area contributed by atoms with Crippen molar-refractivity contribution in [1.29, 1.82) is 0 Å². The second-order valence-electron chi connectivity index (χ2n) is 6.72. The molecule has 19 heavy (non-hydrogen) atoms. The van der Waals surface area contributed by atoms with Gasteiger partial charge in [0.25, 0.3) is 0 Å². The molecule has 2 aliphatic carbocycles. The van der Waals surface area contributed by atoms with Crippen molar-refractivity contribution in [2.24, 2.45) is 23.7 Å². The lowest BCUT2D eigenvalue weighted by Crippen LogP contribution is -2.34. The van der Waals surface area contributed by atoms with Crippen LogP contribution in [-0.2, 0) is 9.53 Å². The van der Waals surface area contributed by atoms with Crippen LogP contribution in [0.3, 0.4) is 0 Å². The number of aliphatic hydroxyl groups is 2. The lowest BCUT2D eigenvalue weighted by atomic mass is 9.77. The van der Waals surface area contributed by atoms with Crippen LogP contribution in [0.5, 0.6) is 0 Å². The Hall–Kier alpha value is -0.870. The summed E-state index contributed by atoms with van der Waals surface area (Å²) in [5, 5.41) is 21.0. The van der Waals surface area contributed by atoms with Gasteiger partial charge in [-0.3, -0.25) is 4.79 Å². The number of fused-ring (bicyclic) bond motifs is 2. The maximum atomic E-state index is 11.7. The molecule has 106 valence electrons. The number of carbonyl (C=O) groups excluding carboxylic acids is 1. The van der Waals surface area contributed by atoms with Gasteiger partial charge in [0, 0.05) is 5.92 Å². The summed E-state index contributed by atoms with van der Waals surface area (Å²) in [7, 11) is 0. The zero-order valence-corrected chi connectivity index (χ0v) is 11.5. The highest BCUT2D eigenvalue weighted by molar-refractivity contribution is 5.75. The highest BCUT2D eigenvalue weighted by Gasteiger charge is 2.56. The van der Waals surface area contributed by atoms with Gasteiger partial charge >= 0.3 is 5.97 Å². The molecule has 1 saturated heterocycles. The SMILES string of the molecule is C=C1[C@H]2CC[C@@](C)(O)[C@@H]2C[C@H]2[C@@H](OC(=O)[C@H]2C)[C@H]1O. The van der Waals surface area contributed by atoms with E-state index in [4.69, 9.17) is 4.74 Å². The minimum atomic E-state index is -0.789. The Kier molecular flexibility index (Phi) is 2.81. The molecule has 2 N–H and O–H groups in total. The normalized spacial score (nSPS) is 53.5. The van der Waals surface area contributed by atoms with Crippen LogP contribution in [-0.4, -0.2) is 34.0 Å². The summed E-state index contributed by atoms with van der Waals surface area (Å²) >= 11 is 0. The first kappa shape index (κ1) is 13.1. The number of hydrogen-bond acceptors (Lipinski definition) is 4. The molecular weight excluding hydrogens is 244 g/mol. The highest BCUT2D eigenvalue weighted by Crippen LogP contribution is 2.53. The average Bonchev–Trinajstić information content (AvgIpc) is 2.76. The molecule has 0 radical (unpaired) electrons. The summed E-state index contributed by atoms with van der Waals surface area (Å²) in [4.78, 5) is 11.7. The van der Waals surface area contributed by atoms with Gasteiger partial charge in [-0.1, -0.05) is 13.5 Å². The van der Waals surface area contributed by atoms with Gasteiger partial charge in [0.1, 0.15) is 12.2 Å². The first-order chi connectivity index (χ1) is 8.83. The number of aliphatic hydroxyl groups excluding tert-OH is 1. The minimum Gasteiger partial charge on any atom is -0.459 e. The fraction of sp³-hybridized carbons (Fsp3) is 0.800. The largest absolute Gasteiger partial charge is 0.459 e. The van der Waals surface area contributed by atoms with Gasteiger partial charge in [0.05, 0.1) is 11.5 Å². The molecule has 4 heteroatoms. The third-order valence-corrected chi connectivity index (χ3v) is 5.63. The molecule has 0 spiro atoms. The van der Waals surface area contributed by atoms with Gasteiger partial charge in [0.2, 0.25) is 0 Å². The molecule has 0 bridgehead atoms. The third kappa shape index (κ3) is 1.77. The van der Waals surface area contributed by atoms with E-state index in [2.05, 4.69) is 6.58 Å². The second-order valence-corrected chi connectivity index (χ2v) is 6.72. The predicted octanol–water partition coefficient (Wildman–Crippen LogP) is 1.26. The fourth-order valence-electron chi connectivity index (χ4n) is 4.28. The standard InChI is InChI=1S/C15H22O4/c1-7-9-4-5-15(3,18)11(9)6-10-8(2)14(17)19-13(10)12(7)16/h8-13,16,18H,1,4-6H2,2-3H3/t8-,9+,10+,11+,12-,13+,15+/m0/s1. The molecule has 0 unspecified atom stereocenters. The minimum absolute atomic E-state index is 0.0150. The van der Waals surface area contributed by atoms with E-state index in [1.165, 1.54) is 0 Å². The van der Waals surface area contributed by atoms with Crippen LogP contribution in [0.15, 0.2) is 12.2 Å². The lowest BCUT2D eigenvalue weighted by Gasteiger charge is -2.30.